The second-order valence-corrected chi connectivity index (χ2v) is 7.45. The molecule has 3 aromatic rings. The van der Waals surface area contributed by atoms with Crippen LogP contribution in [0.25, 0.3) is 0 Å². The predicted octanol–water partition coefficient (Wildman–Crippen LogP) is 4.18. The van der Waals surface area contributed by atoms with Crippen LogP contribution in [0.1, 0.15) is 17.7 Å². The molecule has 2 heterocycles. The number of furan rings is 1. The van der Waals surface area contributed by atoms with Crippen LogP contribution in [-0.4, -0.2) is 25.5 Å². The summed E-state index contributed by atoms with van der Waals surface area (Å²) in [5, 5.41) is 0. The molecule has 0 radical (unpaired) electrons. The van der Waals surface area contributed by atoms with Gasteiger partial charge in [0.05, 0.1) is 25.8 Å². The zero-order valence-electron chi connectivity index (χ0n) is 17.1. The lowest BCUT2D eigenvalue weighted by atomic mass is 10.1. The van der Waals surface area contributed by atoms with Crippen molar-refractivity contribution < 1.29 is 18.7 Å². The summed E-state index contributed by atoms with van der Waals surface area (Å²) in [6, 6.07) is 18.8. The molecule has 0 spiro atoms. The van der Waals surface area contributed by atoms with Gasteiger partial charge in [-0.05, 0) is 43.3 Å². The molecule has 6 heteroatoms. The van der Waals surface area contributed by atoms with Crippen LogP contribution in [0, 0.1) is 12.8 Å². The van der Waals surface area contributed by atoms with Gasteiger partial charge in [0, 0.05) is 30.4 Å². The average molecular weight is 404 g/mol. The highest BCUT2D eigenvalue weighted by Crippen LogP contribution is 2.30. The van der Waals surface area contributed by atoms with Gasteiger partial charge in [0.2, 0.25) is 11.8 Å². The van der Waals surface area contributed by atoms with Gasteiger partial charge in [-0.2, -0.15) is 0 Å². The van der Waals surface area contributed by atoms with Crippen LogP contribution in [0.4, 0.5) is 11.4 Å². The van der Waals surface area contributed by atoms with E-state index in [1.165, 1.54) is 0 Å². The number of methoxy groups -OCH3 is 1. The highest BCUT2D eigenvalue weighted by Gasteiger charge is 2.38. The van der Waals surface area contributed by atoms with Crippen LogP contribution in [0.15, 0.2) is 71.3 Å². The minimum atomic E-state index is -0.431. The minimum absolute atomic E-state index is 0.0662. The van der Waals surface area contributed by atoms with E-state index in [2.05, 4.69) is 0 Å². The fourth-order valence-electron chi connectivity index (χ4n) is 3.70. The maximum atomic E-state index is 13.5. The number of anilines is 2. The van der Waals surface area contributed by atoms with E-state index in [4.69, 9.17) is 9.15 Å². The van der Waals surface area contributed by atoms with E-state index in [-0.39, 0.29) is 18.2 Å². The molecule has 6 nitrogen and oxygen atoms in total. The van der Waals surface area contributed by atoms with Gasteiger partial charge in [-0.25, -0.2) is 0 Å². The highest BCUT2D eigenvalue weighted by atomic mass is 16.5. The number of carbonyl (C=O) groups is 2. The van der Waals surface area contributed by atoms with E-state index in [1.54, 1.807) is 29.2 Å². The number of hydrogen-bond acceptors (Lipinski definition) is 4. The number of amides is 2. The van der Waals surface area contributed by atoms with Crippen LogP contribution in [0.5, 0.6) is 5.75 Å². The predicted molar refractivity (Wildman–Crippen MR) is 115 cm³/mol. The lowest BCUT2D eigenvalue weighted by Crippen LogP contribution is -2.37. The smallest absolute Gasteiger partial charge is 0.232 e. The zero-order valence-corrected chi connectivity index (χ0v) is 17.1. The third-order valence-corrected chi connectivity index (χ3v) is 5.34. The third-order valence-electron chi connectivity index (χ3n) is 5.34. The lowest BCUT2D eigenvalue weighted by molar-refractivity contribution is -0.124. The molecule has 0 saturated carbocycles. The second-order valence-electron chi connectivity index (χ2n) is 7.45. The standard InChI is InChI=1S/C24H24N2O4/c1-17-8-10-19(11-9-17)26(16-22-7-4-12-30-22)24(28)18-13-23(27)25(15-18)20-5-3-6-21(14-20)29-2/h3-12,14,18H,13,15-16H2,1-2H3. The molecule has 1 fully saturated rings. The molecule has 4 rings (SSSR count). The van der Waals surface area contributed by atoms with Crippen molar-refractivity contribution in [3.8, 4) is 5.75 Å². The van der Waals surface area contributed by atoms with E-state index in [0.29, 0.717) is 24.6 Å². The molecule has 1 atom stereocenters. The minimum Gasteiger partial charge on any atom is -0.497 e. The first-order valence-corrected chi connectivity index (χ1v) is 9.90. The lowest BCUT2D eigenvalue weighted by Gasteiger charge is -2.25. The Kier molecular flexibility index (Phi) is 5.57. The first kappa shape index (κ1) is 19.8. The van der Waals surface area contributed by atoms with Crippen LogP contribution >= 0.6 is 0 Å². The van der Waals surface area contributed by atoms with Crippen molar-refractivity contribution in [3.05, 3.63) is 78.3 Å². The van der Waals surface area contributed by atoms with Crippen molar-refractivity contribution in [2.75, 3.05) is 23.5 Å². The average Bonchev–Trinajstić information content (AvgIpc) is 3.42. The third kappa shape index (κ3) is 4.08. The van der Waals surface area contributed by atoms with E-state index in [1.807, 2.05) is 61.5 Å². The number of rotatable bonds is 6. The van der Waals surface area contributed by atoms with Crippen molar-refractivity contribution in [1.82, 2.24) is 0 Å². The molecule has 1 saturated heterocycles. The van der Waals surface area contributed by atoms with Gasteiger partial charge in [-0.3, -0.25) is 9.59 Å². The van der Waals surface area contributed by atoms with Gasteiger partial charge in [-0.1, -0.05) is 23.8 Å². The van der Waals surface area contributed by atoms with Crippen LogP contribution in [-0.2, 0) is 16.1 Å². The Morgan fingerprint density at radius 2 is 1.97 bits per heavy atom. The maximum absolute atomic E-state index is 13.5. The number of carbonyl (C=O) groups excluding carboxylic acids is 2. The van der Waals surface area contributed by atoms with E-state index < -0.39 is 5.92 Å². The molecule has 0 bridgehead atoms. The Hall–Kier alpha value is -3.54. The Labute approximate surface area is 175 Å². The molecule has 1 unspecified atom stereocenters. The SMILES string of the molecule is COc1cccc(N2CC(C(=O)N(Cc3ccco3)c3ccc(C)cc3)CC2=O)c1. The summed E-state index contributed by atoms with van der Waals surface area (Å²) in [5.74, 6) is 0.782. The van der Waals surface area contributed by atoms with Gasteiger partial charge in [0.25, 0.3) is 0 Å². The molecule has 2 aromatic carbocycles. The first-order valence-electron chi connectivity index (χ1n) is 9.90. The van der Waals surface area contributed by atoms with Crippen LogP contribution < -0.4 is 14.5 Å². The Bertz CT molecular complexity index is 1030. The second kappa shape index (κ2) is 8.45. The molecule has 1 aromatic heterocycles. The van der Waals surface area contributed by atoms with Crippen molar-refractivity contribution in [3.63, 3.8) is 0 Å². The Balaban J connectivity index is 1.58. The molecule has 0 N–H and O–H groups in total. The topological polar surface area (TPSA) is 63.0 Å². The number of nitrogens with zero attached hydrogens (tertiary/aromatic N) is 2. The molecular weight excluding hydrogens is 380 g/mol. The van der Waals surface area contributed by atoms with Crippen molar-refractivity contribution >= 4 is 23.2 Å². The zero-order chi connectivity index (χ0) is 21.1. The summed E-state index contributed by atoms with van der Waals surface area (Å²) in [7, 11) is 1.59. The summed E-state index contributed by atoms with van der Waals surface area (Å²) < 4.78 is 10.7. The molecular formula is C24H24N2O4. The number of aryl methyl sites for hydroxylation is 1. The van der Waals surface area contributed by atoms with Gasteiger partial charge in [0.1, 0.15) is 11.5 Å². The summed E-state index contributed by atoms with van der Waals surface area (Å²) >= 11 is 0. The van der Waals surface area contributed by atoms with Crippen LogP contribution in [0.3, 0.4) is 0 Å². The van der Waals surface area contributed by atoms with Gasteiger partial charge >= 0.3 is 0 Å². The largest absolute Gasteiger partial charge is 0.497 e. The van der Waals surface area contributed by atoms with E-state index in [9.17, 15) is 9.59 Å². The maximum Gasteiger partial charge on any atom is 0.232 e. The summed E-state index contributed by atoms with van der Waals surface area (Å²) in [4.78, 5) is 29.5. The van der Waals surface area contributed by atoms with Gasteiger partial charge in [0.15, 0.2) is 0 Å². The number of benzene rings is 2. The fraction of sp³-hybridized carbons (Fsp3) is 0.250. The summed E-state index contributed by atoms with van der Waals surface area (Å²) in [6.45, 7) is 2.66. The summed E-state index contributed by atoms with van der Waals surface area (Å²) in [6.07, 6.45) is 1.77. The molecule has 2 amide bonds. The summed E-state index contributed by atoms with van der Waals surface area (Å²) in [5.41, 5.74) is 2.64. The molecule has 1 aliphatic heterocycles. The number of ether oxygens (including phenoxy) is 1. The molecule has 0 aliphatic carbocycles. The normalized spacial score (nSPS) is 16.0. The number of hydrogen-bond donors (Lipinski definition) is 0. The first-order chi connectivity index (χ1) is 14.5. The van der Waals surface area contributed by atoms with E-state index >= 15 is 0 Å². The van der Waals surface area contributed by atoms with Crippen molar-refractivity contribution in [1.29, 1.82) is 0 Å². The van der Waals surface area contributed by atoms with Gasteiger partial charge in [-0.15, -0.1) is 0 Å². The Morgan fingerprint density at radius 3 is 2.67 bits per heavy atom. The van der Waals surface area contributed by atoms with Gasteiger partial charge < -0.3 is 19.0 Å². The van der Waals surface area contributed by atoms with E-state index in [0.717, 1.165) is 16.9 Å². The highest BCUT2D eigenvalue weighted by molar-refractivity contribution is 6.04. The fourth-order valence-corrected chi connectivity index (χ4v) is 3.70. The van der Waals surface area contributed by atoms with Crippen LogP contribution in [0.2, 0.25) is 0 Å². The molecule has 1 aliphatic rings. The monoisotopic (exact) mass is 404 g/mol. The quantitative estimate of drug-likeness (QED) is 0.618. The van der Waals surface area contributed by atoms with Crippen molar-refractivity contribution in [2.24, 2.45) is 5.92 Å². The molecule has 30 heavy (non-hydrogen) atoms. The Morgan fingerprint density at radius 1 is 1.17 bits per heavy atom. The van der Waals surface area contributed by atoms with Crippen molar-refractivity contribution in [2.45, 2.75) is 19.9 Å². The molecule has 154 valence electrons.